The summed E-state index contributed by atoms with van der Waals surface area (Å²) >= 11 is 7.80. The van der Waals surface area contributed by atoms with E-state index < -0.39 is 0 Å². The van der Waals surface area contributed by atoms with E-state index in [2.05, 4.69) is 4.90 Å². The predicted molar refractivity (Wildman–Crippen MR) is 130 cm³/mol. The quantitative estimate of drug-likeness (QED) is 0.474. The summed E-state index contributed by atoms with van der Waals surface area (Å²) in [7, 11) is 0. The minimum atomic E-state index is -0.0990. The Kier molecular flexibility index (Phi) is 7.63. The minimum Gasteiger partial charge on any atom is -0.483 e. The van der Waals surface area contributed by atoms with Gasteiger partial charge in [-0.1, -0.05) is 41.1 Å². The van der Waals surface area contributed by atoms with E-state index in [1.54, 1.807) is 4.90 Å². The zero-order chi connectivity index (χ0) is 22.5. The molecule has 8 heteroatoms. The lowest BCUT2D eigenvalue weighted by Gasteiger charge is -2.27. The number of rotatable bonds is 8. The fourth-order valence-corrected chi connectivity index (χ4v) is 4.97. The first-order chi connectivity index (χ1) is 15.5. The summed E-state index contributed by atoms with van der Waals surface area (Å²) in [5.41, 5.74) is 2.79. The molecule has 0 atom stereocenters. The van der Waals surface area contributed by atoms with Crippen molar-refractivity contribution in [1.29, 1.82) is 0 Å². The zero-order valence-corrected chi connectivity index (χ0v) is 20.0. The van der Waals surface area contributed by atoms with E-state index in [0.717, 1.165) is 66.4 Å². The topological polar surface area (TPSA) is 54.9 Å². The molecule has 0 saturated carbocycles. The number of aromatic nitrogens is 1. The van der Waals surface area contributed by atoms with E-state index in [9.17, 15) is 4.79 Å². The Labute approximate surface area is 197 Å². The lowest BCUT2D eigenvalue weighted by Crippen LogP contribution is -2.40. The molecule has 0 spiro atoms. The van der Waals surface area contributed by atoms with Gasteiger partial charge in [0.1, 0.15) is 5.75 Å². The van der Waals surface area contributed by atoms with Gasteiger partial charge in [-0.05, 0) is 49.6 Å². The average Bonchev–Trinajstić information content (AvgIpc) is 3.24. The maximum Gasteiger partial charge on any atom is 0.266 e. The Balaban J connectivity index is 1.51. The molecule has 0 radical (unpaired) electrons. The molecule has 1 aliphatic heterocycles. The van der Waals surface area contributed by atoms with Gasteiger partial charge in [0.15, 0.2) is 11.7 Å². The van der Waals surface area contributed by atoms with Crippen LogP contribution in [-0.4, -0.2) is 61.8 Å². The third-order valence-electron chi connectivity index (χ3n) is 5.67. The standard InChI is InChI=1S/C24H28ClN3O3S/c1-17-6-3-4-7-20(17)31-16-22(29)28(11-5-10-27-12-14-30-15-13-27)24-26-23-18(2)19(25)8-9-21(23)32-24/h3-4,6-9H,5,10-16H2,1-2H3. The second-order valence-electron chi connectivity index (χ2n) is 7.92. The highest BCUT2D eigenvalue weighted by molar-refractivity contribution is 7.22. The molecule has 0 bridgehead atoms. The molecule has 1 amide bonds. The average molecular weight is 474 g/mol. The monoisotopic (exact) mass is 473 g/mol. The van der Waals surface area contributed by atoms with Crippen molar-refractivity contribution < 1.29 is 14.3 Å². The molecule has 0 unspecified atom stereocenters. The van der Waals surface area contributed by atoms with Crippen LogP contribution in [0.1, 0.15) is 17.5 Å². The highest BCUT2D eigenvalue weighted by atomic mass is 35.5. The van der Waals surface area contributed by atoms with Crippen LogP contribution in [-0.2, 0) is 9.53 Å². The van der Waals surface area contributed by atoms with Gasteiger partial charge < -0.3 is 9.47 Å². The Bertz CT molecular complexity index is 1080. The number of fused-ring (bicyclic) bond motifs is 1. The molecule has 6 nitrogen and oxygen atoms in total. The van der Waals surface area contributed by atoms with Crippen LogP contribution in [0.25, 0.3) is 10.2 Å². The molecule has 2 aromatic carbocycles. The second kappa shape index (κ2) is 10.6. The zero-order valence-electron chi connectivity index (χ0n) is 18.5. The summed E-state index contributed by atoms with van der Waals surface area (Å²) in [5.74, 6) is 0.624. The van der Waals surface area contributed by atoms with Crippen LogP contribution in [0.3, 0.4) is 0 Å². The number of nitrogens with zero attached hydrogens (tertiary/aromatic N) is 3. The van der Waals surface area contributed by atoms with E-state index in [1.165, 1.54) is 11.3 Å². The van der Waals surface area contributed by atoms with Crippen LogP contribution in [0.15, 0.2) is 36.4 Å². The normalized spacial score (nSPS) is 14.6. The molecule has 2 heterocycles. The Hall–Kier alpha value is -2.19. The summed E-state index contributed by atoms with van der Waals surface area (Å²) in [6.45, 7) is 8.81. The molecule has 32 heavy (non-hydrogen) atoms. The van der Waals surface area contributed by atoms with Crippen molar-refractivity contribution in [2.45, 2.75) is 20.3 Å². The summed E-state index contributed by atoms with van der Waals surface area (Å²) in [6, 6.07) is 11.6. The number of para-hydroxylation sites is 1. The van der Waals surface area contributed by atoms with Crippen LogP contribution in [0, 0.1) is 13.8 Å². The molecule has 170 valence electrons. The summed E-state index contributed by atoms with van der Waals surface area (Å²) in [6.07, 6.45) is 0.853. The SMILES string of the molecule is Cc1ccccc1OCC(=O)N(CCCN1CCOCC1)c1nc2c(C)c(Cl)ccc2s1. The van der Waals surface area contributed by atoms with Gasteiger partial charge in [0, 0.05) is 31.2 Å². The van der Waals surface area contributed by atoms with Gasteiger partial charge in [-0.15, -0.1) is 0 Å². The highest BCUT2D eigenvalue weighted by Gasteiger charge is 2.22. The molecule has 3 aromatic rings. The highest BCUT2D eigenvalue weighted by Crippen LogP contribution is 2.33. The molecule has 0 aliphatic carbocycles. The number of aryl methyl sites for hydroxylation is 2. The first kappa shape index (κ1) is 23.0. The van der Waals surface area contributed by atoms with E-state index in [0.29, 0.717) is 16.7 Å². The van der Waals surface area contributed by atoms with Crippen molar-refractivity contribution in [2.24, 2.45) is 0 Å². The van der Waals surface area contributed by atoms with Crippen molar-refractivity contribution in [1.82, 2.24) is 9.88 Å². The van der Waals surface area contributed by atoms with Crippen LogP contribution in [0.2, 0.25) is 5.02 Å². The van der Waals surface area contributed by atoms with Crippen LogP contribution in [0.5, 0.6) is 5.75 Å². The second-order valence-corrected chi connectivity index (χ2v) is 9.34. The number of halogens is 1. The van der Waals surface area contributed by atoms with Gasteiger partial charge in [0.25, 0.3) is 5.91 Å². The summed E-state index contributed by atoms with van der Waals surface area (Å²) in [5, 5.41) is 1.37. The number of hydrogen-bond acceptors (Lipinski definition) is 6. The Morgan fingerprint density at radius 3 is 2.78 bits per heavy atom. The summed E-state index contributed by atoms with van der Waals surface area (Å²) in [4.78, 5) is 22.2. The fourth-order valence-electron chi connectivity index (χ4n) is 3.74. The number of carbonyl (C=O) groups is 1. The van der Waals surface area contributed by atoms with E-state index >= 15 is 0 Å². The van der Waals surface area contributed by atoms with Gasteiger partial charge in [-0.3, -0.25) is 14.6 Å². The van der Waals surface area contributed by atoms with Gasteiger partial charge in [0.2, 0.25) is 0 Å². The first-order valence-corrected chi connectivity index (χ1v) is 12.1. The number of thiazole rings is 1. The number of hydrogen-bond donors (Lipinski definition) is 0. The third kappa shape index (κ3) is 5.41. The third-order valence-corrected chi connectivity index (χ3v) is 7.13. The van der Waals surface area contributed by atoms with Crippen LogP contribution in [0.4, 0.5) is 5.13 Å². The number of carbonyl (C=O) groups excluding carboxylic acids is 1. The maximum absolute atomic E-state index is 13.2. The lowest BCUT2D eigenvalue weighted by molar-refractivity contribution is -0.120. The van der Waals surface area contributed by atoms with E-state index in [-0.39, 0.29) is 12.5 Å². The van der Waals surface area contributed by atoms with E-state index in [1.807, 2.05) is 50.2 Å². The number of benzene rings is 2. The minimum absolute atomic E-state index is 0.0297. The molecular formula is C24H28ClN3O3S. The van der Waals surface area contributed by atoms with Crippen LogP contribution < -0.4 is 9.64 Å². The smallest absolute Gasteiger partial charge is 0.266 e. The van der Waals surface area contributed by atoms with E-state index in [4.69, 9.17) is 26.1 Å². The predicted octanol–water partition coefficient (Wildman–Crippen LogP) is 4.70. The van der Waals surface area contributed by atoms with Crippen molar-refractivity contribution >= 4 is 44.2 Å². The number of ether oxygens (including phenoxy) is 2. The van der Waals surface area contributed by atoms with Gasteiger partial charge in [-0.25, -0.2) is 4.98 Å². The lowest BCUT2D eigenvalue weighted by atomic mass is 10.2. The maximum atomic E-state index is 13.2. The fraction of sp³-hybridized carbons (Fsp3) is 0.417. The van der Waals surface area contributed by atoms with Crippen LogP contribution >= 0.6 is 22.9 Å². The molecule has 4 rings (SSSR count). The largest absolute Gasteiger partial charge is 0.483 e. The Morgan fingerprint density at radius 1 is 1.22 bits per heavy atom. The van der Waals surface area contributed by atoms with Crippen molar-refractivity contribution in [3.8, 4) is 5.75 Å². The van der Waals surface area contributed by atoms with Gasteiger partial charge in [-0.2, -0.15) is 0 Å². The Morgan fingerprint density at radius 2 is 2.00 bits per heavy atom. The molecule has 1 fully saturated rings. The first-order valence-electron chi connectivity index (χ1n) is 10.9. The number of anilines is 1. The molecule has 1 aliphatic rings. The molecular weight excluding hydrogens is 446 g/mol. The summed E-state index contributed by atoms with van der Waals surface area (Å²) < 4.78 is 12.3. The molecule has 1 saturated heterocycles. The van der Waals surface area contributed by atoms with Gasteiger partial charge >= 0.3 is 0 Å². The molecule has 1 aromatic heterocycles. The number of amides is 1. The van der Waals surface area contributed by atoms with Crippen molar-refractivity contribution in [3.63, 3.8) is 0 Å². The molecule has 0 N–H and O–H groups in total. The van der Waals surface area contributed by atoms with Crippen molar-refractivity contribution in [2.75, 3.05) is 50.9 Å². The number of morpholine rings is 1. The van der Waals surface area contributed by atoms with Crippen molar-refractivity contribution in [3.05, 3.63) is 52.5 Å². The van der Waals surface area contributed by atoms with Gasteiger partial charge in [0.05, 0.1) is 23.4 Å².